The summed E-state index contributed by atoms with van der Waals surface area (Å²) in [6.45, 7) is 8.58. The molecule has 0 spiro atoms. The smallest absolute Gasteiger partial charge is 0.263 e. The minimum absolute atomic E-state index is 0.0809. The van der Waals surface area contributed by atoms with Crippen LogP contribution in [-0.2, 0) is 6.54 Å². The molecule has 0 saturated carbocycles. The zero-order valence-corrected chi connectivity index (χ0v) is 15.4. The number of thiazole rings is 1. The molecule has 0 aliphatic carbocycles. The van der Waals surface area contributed by atoms with Gasteiger partial charge in [-0.05, 0) is 26.0 Å². The lowest BCUT2D eigenvalue weighted by Gasteiger charge is -2.36. The van der Waals surface area contributed by atoms with Gasteiger partial charge >= 0.3 is 0 Å². The molecule has 0 N–H and O–H groups in total. The van der Waals surface area contributed by atoms with Gasteiger partial charge in [-0.1, -0.05) is 18.2 Å². The average Bonchev–Trinajstić information content (AvgIpc) is 2.94. The highest BCUT2D eigenvalue weighted by atomic mass is 32.1. The van der Waals surface area contributed by atoms with Crippen molar-refractivity contribution in [2.24, 2.45) is 0 Å². The maximum Gasteiger partial charge on any atom is 0.263 e. The Labute approximate surface area is 151 Å². The maximum atomic E-state index is 12.8. The molecule has 0 unspecified atom stereocenters. The molecule has 6 heteroatoms. The quantitative estimate of drug-likeness (QED) is 0.725. The first kappa shape index (κ1) is 16.3. The molecule has 0 radical (unpaired) electrons. The molecule has 2 aromatic heterocycles. The van der Waals surface area contributed by atoms with Crippen molar-refractivity contribution in [3.8, 4) is 0 Å². The van der Waals surface area contributed by atoms with E-state index >= 15 is 0 Å². The number of fused-ring (bicyclic) bond motifs is 1. The van der Waals surface area contributed by atoms with E-state index in [2.05, 4.69) is 39.0 Å². The average molecular weight is 354 g/mol. The Morgan fingerprint density at radius 2 is 1.80 bits per heavy atom. The highest BCUT2D eigenvalue weighted by Crippen LogP contribution is 2.19. The molecule has 25 heavy (non-hydrogen) atoms. The molecule has 0 atom stereocenters. The summed E-state index contributed by atoms with van der Waals surface area (Å²) in [5.74, 6) is 0. The highest BCUT2D eigenvalue weighted by molar-refractivity contribution is 7.17. The number of hydrogen-bond donors (Lipinski definition) is 0. The first-order valence-corrected chi connectivity index (χ1v) is 9.44. The zero-order chi connectivity index (χ0) is 17.4. The van der Waals surface area contributed by atoms with Crippen LogP contribution in [0.2, 0.25) is 0 Å². The van der Waals surface area contributed by atoms with Crippen molar-refractivity contribution in [3.63, 3.8) is 0 Å². The van der Waals surface area contributed by atoms with Crippen molar-refractivity contribution in [1.82, 2.24) is 14.3 Å². The van der Waals surface area contributed by atoms with Crippen LogP contribution in [-0.4, -0.2) is 40.5 Å². The first-order chi connectivity index (χ1) is 12.1. The fraction of sp³-hybridized carbons (Fsp3) is 0.368. The molecular weight excluding hydrogens is 332 g/mol. The Morgan fingerprint density at radius 1 is 1.08 bits per heavy atom. The topological polar surface area (TPSA) is 40.9 Å². The maximum absolute atomic E-state index is 12.8. The molecule has 1 aliphatic rings. The van der Waals surface area contributed by atoms with Crippen LogP contribution in [0.25, 0.3) is 4.96 Å². The molecule has 1 fully saturated rings. The summed E-state index contributed by atoms with van der Waals surface area (Å²) >= 11 is 1.58. The Kier molecular flexibility index (Phi) is 4.31. The van der Waals surface area contributed by atoms with Gasteiger partial charge in [0.1, 0.15) is 0 Å². The van der Waals surface area contributed by atoms with Gasteiger partial charge in [-0.3, -0.25) is 14.1 Å². The van der Waals surface area contributed by atoms with Crippen LogP contribution in [0.1, 0.15) is 16.1 Å². The third-order valence-corrected chi connectivity index (χ3v) is 6.05. The lowest BCUT2D eigenvalue weighted by Crippen LogP contribution is -2.46. The molecule has 3 aromatic rings. The number of hydrogen-bond acceptors (Lipinski definition) is 5. The molecule has 1 aromatic carbocycles. The largest absolute Gasteiger partial charge is 0.369 e. The summed E-state index contributed by atoms with van der Waals surface area (Å²) in [7, 11) is 0. The van der Waals surface area contributed by atoms with Gasteiger partial charge in [-0.25, -0.2) is 4.98 Å². The van der Waals surface area contributed by atoms with Gasteiger partial charge in [0.05, 0.1) is 5.56 Å². The van der Waals surface area contributed by atoms with Gasteiger partial charge in [0.25, 0.3) is 5.56 Å². The third-order valence-electron chi connectivity index (χ3n) is 4.98. The van der Waals surface area contributed by atoms with E-state index in [1.54, 1.807) is 21.9 Å². The summed E-state index contributed by atoms with van der Waals surface area (Å²) in [6, 6.07) is 10.5. The summed E-state index contributed by atoms with van der Waals surface area (Å²) in [5, 5.41) is 0. The molecule has 4 rings (SSSR count). The lowest BCUT2D eigenvalue weighted by molar-refractivity contribution is 0.248. The first-order valence-electron chi connectivity index (χ1n) is 8.62. The van der Waals surface area contributed by atoms with E-state index in [9.17, 15) is 4.79 Å². The number of aromatic nitrogens is 2. The normalized spacial score (nSPS) is 15.8. The second kappa shape index (κ2) is 6.61. The predicted octanol–water partition coefficient (Wildman–Crippen LogP) is 2.70. The Morgan fingerprint density at radius 3 is 2.52 bits per heavy atom. The summed E-state index contributed by atoms with van der Waals surface area (Å²) in [4.78, 5) is 24.0. The number of rotatable bonds is 3. The summed E-state index contributed by atoms with van der Waals surface area (Å²) < 4.78 is 1.76. The van der Waals surface area contributed by atoms with Crippen LogP contribution in [0.3, 0.4) is 0 Å². The number of para-hydroxylation sites is 1. The fourth-order valence-corrected chi connectivity index (χ4v) is 4.29. The summed E-state index contributed by atoms with van der Waals surface area (Å²) in [6.07, 6.45) is 1.76. The Hall–Kier alpha value is -2.18. The van der Waals surface area contributed by atoms with E-state index in [1.165, 1.54) is 5.69 Å². The molecule has 130 valence electrons. The van der Waals surface area contributed by atoms with E-state index in [0.717, 1.165) is 47.3 Å². The number of aryl methyl sites for hydroxylation is 2. The molecule has 3 heterocycles. The van der Waals surface area contributed by atoms with Crippen molar-refractivity contribution < 1.29 is 0 Å². The monoisotopic (exact) mass is 354 g/mol. The SMILES string of the molecule is Cc1sc2ncc(CN3CCN(c4ccccc4)CC3)c(=O)n2c1C. The van der Waals surface area contributed by atoms with E-state index < -0.39 is 0 Å². The molecule has 0 amide bonds. The van der Waals surface area contributed by atoms with Crippen molar-refractivity contribution in [2.75, 3.05) is 31.1 Å². The number of benzene rings is 1. The fourth-order valence-electron chi connectivity index (χ4n) is 3.36. The van der Waals surface area contributed by atoms with Crippen LogP contribution in [0.5, 0.6) is 0 Å². The Bertz CT molecular complexity index is 939. The zero-order valence-electron chi connectivity index (χ0n) is 14.6. The number of nitrogens with zero attached hydrogens (tertiary/aromatic N) is 4. The van der Waals surface area contributed by atoms with Gasteiger partial charge in [0.15, 0.2) is 4.96 Å². The van der Waals surface area contributed by atoms with Crippen LogP contribution < -0.4 is 10.5 Å². The van der Waals surface area contributed by atoms with Crippen molar-refractivity contribution >= 4 is 22.0 Å². The van der Waals surface area contributed by atoms with E-state index in [0.29, 0.717) is 6.54 Å². The van der Waals surface area contributed by atoms with E-state index in [4.69, 9.17) is 0 Å². The number of piperazine rings is 1. The van der Waals surface area contributed by atoms with Crippen molar-refractivity contribution in [1.29, 1.82) is 0 Å². The lowest BCUT2D eigenvalue weighted by atomic mass is 10.2. The van der Waals surface area contributed by atoms with Gasteiger partial charge in [-0.15, -0.1) is 11.3 Å². The molecule has 0 bridgehead atoms. The number of anilines is 1. The molecule has 1 saturated heterocycles. The van der Waals surface area contributed by atoms with Crippen LogP contribution >= 0.6 is 11.3 Å². The van der Waals surface area contributed by atoms with Gasteiger partial charge in [0, 0.05) is 55.2 Å². The summed E-state index contributed by atoms with van der Waals surface area (Å²) in [5.41, 5.74) is 3.15. The van der Waals surface area contributed by atoms with Crippen LogP contribution in [0, 0.1) is 13.8 Å². The predicted molar refractivity (Wildman–Crippen MR) is 103 cm³/mol. The molecule has 1 aliphatic heterocycles. The van der Waals surface area contributed by atoms with E-state index in [1.807, 2.05) is 19.9 Å². The van der Waals surface area contributed by atoms with Gasteiger partial charge < -0.3 is 4.90 Å². The molecular formula is C19H22N4OS. The van der Waals surface area contributed by atoms with E-state index in [-0.39, 0.29) is 5.56 Å². The van der Waals surface area contributed by atoms with Gasteiger partial charge in [-0.2, -0.15) is 0 Å². The molecule has 5 nitrogen and oxygen atoms in total. The second-order valence-electron chi connectivity index (χ2n) is 6.55. The van der Waals surface area contributed by atoms with Crippen LogP contribution in [0.4, 0.5) is 5.69 Å². The minimum Gasteiger partial charge on any atom is -0.369 e. The van der Waals surface area contributed by atoms with Crippen molar-refractivity contribution in [2.45, 2.75) is 20.4 Å². The Balaban J connectivity index is 1.49. The highest BCUT2D eigenvalue weighted by Gasteiger charge is 2.19. The van der Waals surface area contributed by atoms with Crippen LogP contribution in [0.15, 0.2) is 41.3 Å². The third kappa shape index (κ3) is 3.07. The second-order valence-corrected chi connectivity index (χ2v) is 7.73. The van der Waals surface area contributed by atoms with Gasteiger partial charge in [0.2, 0.25) is 0 Å². The minimum atomic E-state index is 0.0809. The van der Waals surface area contributed by atoms with Crippen molar-refractivity contribution in [3.05, 3.63) is 63.0 Å². The standard InChI is InChI=1S/C19H22N4OS/c1-14-15(2)25-19-20-12-16(18(24)23(14)19)13-21-8-10-22(11-9-21)17-6-4-3-5-7-17/h3-7,12H,8-11,13H2,1-2H3.